The number of anilines is 1. The van der Waals surface area contributed by atoms with Gasteiger partial charge in [-0.15, -0.1) is 0 Å². The Morgan fingerprint density at radius 2 is 1.88 bits per heavy atom. The average Bonchev–Trinajstić information content (AvgIpc) is 3.15. The molecule has 0 spiro atoms. The molecule has 0 unspecified atom stereocenters. The summed E-state index contributed by atoms with van der Waals surface area (Å²) in [6.45, 7) is 3.57. The maximum Gasteiger partial charge on any atom is 0.329 e. The van der Waals surface area contributed by atoms with Gasteiger partial charge in [-0.05, 0) is 73.0 Å². The number of rotatable bonds is 10. The largest absolute Gasteiger partial charge is 0.490 e. The van der Waals surface area contributed by atoms with Crippen LogP contribution in [0.15, 0.2) is 66.4 Å². The number of nitro benzene ring substituents is 1. The highest BCUT2D eigenvalue weighted by molar-refractivity contribution is 6.32. The molecule has 1 fully saturated rings. The van der Waals surface area contributed by atoms with Gasteiger partial charge in [0.2, 0.25) is 5.91 Å². The van der Waals surface area contributed by atoms with Gasteiger partial charge in [0.15, 0.2) is 11.5 Å². The first-order chi connectivity index (χ1) is 19.1. The van der Waals surface area contributed by atoms with E-state index in [0.717, 1.165) is 10.5 Å². The Kier molecular flexibility index (Phi) is 8.65. The summed E-state index contributed by atoms with van der Waals surface area (Å²) in [6, 6.07) is 15.5. The third-order valence-corrected chi connectivity index (χ3v) is 6.02. The molecule has 1 aliphatic heterocycles. The van der Waals surface area contributed by atoms with Crippen molar-refractivity contribution in [3.8, 4) is 11.5 Å². The fraction of sp³-hybridized carbons (Fsp3) is 0.179. The number of carbonyl (C=O) groups is 3. The topological polar surface area (TPSA) is 140 Å². The molecule has 3 aromatic rings. The second-order valence-corrected chi connectivity index (χ2v) is 9.18. The first kappa shape index (κ1) is 28.1. The number of aryl methyl sites for hydroxylation is 1. The number of carbonyl (C=O) groups excluding carboxylic acids is 3. The van der Waals surface area contributed by atoms with Gasteiger partial charge in [-0.25, -0.2) is 9.69 Å². The zero-order chi connectivity index (χ0) is 28.8. The van der Waals surface area contributed by atoms with E-state index in [1.165, 1.54) is 24.3 Å². The average molecular weight is 565 g/mol. The Balaban J connectivity index is 1.48. The molecule has 0 aliphatic carbocycles. The van der Waals surface area contributed by atoms with Crippen LogP contribution in [0.4, 0.5) is 16.2 Å². The lowest BCUT2D eigenvalue weighted by atomic mass is 10.1. The Labute approximate surface area is 234 Å². The van der Waals surface area contributed by atoms with Crippen molar-refractivity contribution in [2.45, 2.75) is 20.5 Å². The number of hydrogen-bond donors (Lipinski definition) is 2. The van der Waals surface area contributed by atoms with Crippen LogP contribution in [0.5, 0.6) is 11.5 Å². The number of benzene rings is 3. The molecule has 206 valence electrons. The van der Waals surface area contributed by atoms with Gasteiger partial charge in [-0.2, -0.15) is 0 Å². The lowest BCUT2D eigenvalue weighted by molar-refractivity contribution is -0.384. The third-order valence-electron chi connectivity index (χ3n) is 5.74. The fourth-order valence-electron chi connectivity index (χ4n) is 3.89. The molecule has 1 aliphatic rings. The number of amides is 4. The van der Waals surface area contributed by atoms with Crippen molar-refractivity contribution in [2.24, 2.45) is 0 Å². The minimum Gasteiger partial charge on any atom is -0.490 e. The van der Waals surface area contributed by atoms with Crippen LogP contribution in [0, 0.1) is 17.0 Å². The summed E-state index contributed by atoms with van der Waals surface area (Å²) in [4.78, 5) is 49.0. The molecular weight excluding hydrogens is 540 g/mol. The number of nitrogens with zero attached hydrogens (tertiary/aromatic N) is 2. The van der Waals surface area contributed by atoms with E-state index >= 15 is 0 Å². The number of halogens is 1. The van der Waals surface area contributed by atoms with Crippen molar-refractivity contribution in [1.82, 2.24) is 10.2 Å². The highest BCUT2D eigenvalue weighted by Crippen LogP contribution is 2.38. The molecule has 0 bridgehead atoms. The fourth-order valence-corrected chi connectivity index (χ4v) is 4.17. The van der Waals surface area contributed by atoms with Gasteiger partial charge in [-0.1, -0.05) is 23.7 Å². The van der Waals surface area contributed by atoms with Gasteiger partial charge in [0, 0.05) is 17.8 Å². The summed E-state index contributed by atoms with van der Waals surface area (Å²) in [6.07, 6.45) is 1.42. The number of ether oxygens (including phenoxy) is 2. The summed E-state index contributed by atoms with van der Waals surface area (Å²) in [5, 5.41) is 16.2. The predicted molar refractivity (Wildman–Crippen MR) is 148 cm³/mol. The molecule has 0 atom stereocenters. The first-order valence-electron chi connectivity index (χ1n) is 12.2. The molecule has 0 saturated carbocycles. The molecule has 3 aromatic carbocycles. The Morgan fingerprint density at radius 3 is 2.55 bits per heavy atom. The van der Waals surface area contributed by atoms with Gasteiger partial charge in [0.25, 0.3) is 11.6 Å². The number of non-ortho nitro benzene ring substituents is 1. The van der Waals surface area contributed by atoms with E-state index in [1.54, 1.807) is 43.3 Å². The molecule has 12 heteroatoms. The number of hydrogen-bond acceptors (Lipinski definition) is 7. The van der Waals surface area contributed by atoms with Crippen LogP contribution >= 0.6 is 11.6 Å². The number of imide groups is 1. The van der Waals surface area contributed by atoms with Crippen molar-refractivity contribution in [3.63, 3.8) is 0 Å². The van der Waals surface area contributed by atoms with Crippen LogP contribution < -0.4 is 20.1 Å². The van der Waals surface area contributed by atoms with Gasteiger partial charge in [0.1, 0.15) is 18.8 Å². The van der Waals surface area contributed by atoms with Crippen molar-refractivity contribution in [3.05, 3.63) is 98.2 Å². The zero-order valence-corrected chi connectivity index (χ0v) is 22.4. The quantitative estimate of drug-likeness (QED) is 0.152. The first-order valence-corrected chi connectivity index (χ1v) is 12.6. The highest BCUT2D eigenvalue weighted by Gasteiger charge is 2.35. The molecule has 0 radical (unpaired) electrons. The molecule has 11 nitrogen and oxygen atoms in total. The molecule has 2 N–H and O–H groups in total. The number of nitro groups is 1. The molecule has 0 aromatic heterocycles. The van der Waals surface area contributed by atoms with E-state index in [0.29, 0.717) is 29.2 Å². The minimum atomic E-state index is -0.727. The van der Waals surface area contributed by atoms with E-state index in [1.807, 2.05) is 13.0 Å². The second kappa shape index (κ2) is 12.3. The second-order valence-electron chi connectivity index (χ2n) is 8.77. The number of urea groups is 1. The highest BCUT2D eigenvalue weighted by atomic mass is 35.5. The van der Waals surface area contributed by atoms with E-state index in [-0.39, 0.29) is 28.8 Å². The summed E-state index contributed by atoms with van der Waals surface area (Å²) in [5.74, 6) is -0.640. The molecule has 4 amide bonds. The van der Waals surface area contributed by atoms with Crippen molar-refractivity contribution in [1.29, 1.82) is 0 Å². The van der Waals surface area contributed by atoms with E-state index in [9.17, 15) is 24.5 Å². The van der Waals surface area contributed by atoms with E-state index < -0.39 is 29.3 Å². The van der Waals surface area contributed by atoms with Crippen LogP contribution in [0.25, 0.3) is 6.08 Å². The lowest BCUT2D eigenvalue weighted by Crippen LogP contribution is -2.38. The van der Waals surface area contributed by atoms with Crippen molar-refractivity contribution < 1.29 is 28.8 Å². The summed E-state index contributed by atoms with van der Waals surface area (Å²) in [7, 11) is 0. The van der Waals surface area contributed by atoms with Crippen LogP contribution in [0.3, 0.4) is 0 Å². The SMILES string of the molecule is CCOc1cc(/C=C2/NC(=O)N(CC(=O)Nc3cccc(C)c3)C2=O)cc(Cl)c1OCc1ccc([N+](=O)[O-])cc1. The van der Waals surface area contributed by atoms with Crippen LogP contribution in [0.2, 0.25) is 5.02 Å². The van der Waals surface area contributed by atoms with Crippen LogP contribution in [-0.2, 0) is 16.2 Å². The molecule has 1 saturated heterocycles. The van der Waals surface area contributed by atoms with E-state index in [2.05, 4.69) is 10.6 Å². The van der Waals surface area contributed by atoms with Gasteiger partial charge in [-0.3, -0.25) is 19.7 Å². The van der Waals surface area contributed by atoms with Gasteiger partial charge >= 0.3 is 6.03 Å². The normalized spacial score (nSPS) is 13.8. The Bertz CT molecular complexity index is 1500. The van der Waals surface area contributed by atoms with Gasteiger partial charge in [0.05, 0.1) is 16.6 Å². The monoisotopic (exact) mass is 564 g/mol. The lowest BCUT2D eigenvalue weighted by Gasteiger charge is -2.15. The minimum absolute atomic E-state index is 0.0341. The maximum atomic E-state index is 12.9. The summed E-state index contributed by atoms with van der Waals surface area (Å²) >= 11 is 6.48. The molecule has 40 heavy (non-hydrogen) atoms. The smallest absolute Gasteiger partial charge is 0.329 e. The summed E-state index contributed by atoms with van der Waals surface area (Å²) in [5.41, 5.74) is 2.57. The Morgan fingerprint density at radius 1 is 1.12 bits per heavy atom. The Hall–Kier alpha value is -4.90. The molecule has 4 rings (SSSR count). The molecular formula is C28H25ClN4O7. The third kappa shape index (κ3) is 6.75. The van der Waals surface area contributed by atoms with Crippen LogP contribution in [-0.4, -0.2) is 40.8 Å². The van der Waals surface area contributed by atoms with Crippen molar-refractivity contribution >= 4 is 46.9 Å². The van der Waals surface area contributed by atoms with E-state index in [4.69, 9.17) is 21.1 Å². The van der Waals surface area contributed by atoms with Crippen LogP contribution in [0.1, 0.15) is 23.6 Å². The number of nitrogens with one attached hydrogen (secondary N) is 2. The molecule has 1 heterocycles. The summed E-state index contributed by atoms with van der Waals surface area (Å²) < 4.78 is 11.5. The predicted octanol–water partition coefficient (Wildman–Crippen LogP) is 5.07. The standard InChI is InChI=1S/C28H25ClN4O7/c1-3-39-24-14-19(12-22(29)26(24)40-16-18-7-9-21(10-8-18)33(37)38)13-23-27(35)32(28(36)31-23)15-25(34)30-20-6-4-5-17(2)11-20/h4-14H,3,15-16H2,1-2H3,(H,30,34)(H,31,36)/b23-13+. The zero-order valence-electron chi connectivity index (χ0n) is 21.6. The van der Waals surface area contributed by atoms with Crippen molar-refractivity contribution in [2.75, 3.05) is 18.5 Å². The van der Waals surface area contributed by atoms with Gasteiger partial charge < -0.3 is 20.1 Å². The maximum absolute atomic E-state index is 12.9.